The molecule has 150 valence electrons. The van der Waals surface area contributed by atoms with Crippen molar-refractivity contribution in [1.29, 1.82) is 0 Å². The van der Waals surface area contributed by atoms with Crippen LogP contribution in [0.3, 0.4) is 0 Å². The first-order valence-corrected chi connectivity index (χ1v) is 8.83. The van der Waals surface area contributed by atoms with Gasteiger partial charge in [-0.15, -0.1) is 0 Å². The van der Waals surface area contributed by atoms with E-state index in [9.17, 15) is 24.0 Å². The Morgan fingerprint density at radius 2 is 2.14 bits per heavy atom. The van der Waals surface area contributed by atoms with E-state index in [0.29, 0.717) is 25.1 Å². The van der Waals surface area contributed by atoms with Gasteiger partial charge in [-0.05, 0) is 12.8 Å². The van der Waals surface area contributed by atoms with Gasteiger partial charge in [0.1, 0.15) is 18.1 Å². The standard InChI is InChI=1S/C16H21N7O5/c17-13(25)11-2-1-3-23(11)15(27)10(4-8-6-18-7-19-8)20-14(26)9-5-12(24)22-16(28)21-9/h6-7,9-11H,1-5H2,(H2,17,25)(H,18,19)(H,20,26)(H2,21,22,24,28)/t9-,10-,11-/m0/s1. The number of primary amides is 1. The number of nitrogens with zero attached hydrogens (tertiary/aromatic N) is 2. The van der Waals surface area contributed by atoms with E-state index in [1.807, 2.05) is 5.32 Å². The Hall–Kier alpha value is -3.44. The number of imidazole rings is 1. The second-order valence-corrected chi connectivity index (χ2v) is 6.71. The molecule has 1 aromatic heterocycles. The summed E-state index contributed by atoms with van der Waals surface area (Å²) in [5, 5.41) is 6.95. The zero-order valence-corrected chi connectivity index (χ0v) is 14.9. The summed E-state index contributed by atoms with van der Waals surface area (Å²) >= 11 is 0. The molecule has 12 heteroatoms. The van der Waals surface area contributed by atoms with Crippen LogP contribution in [0.5, 0.6) is 0 Å². The maximum atomic E-state index is 13.0. The first-order valence-electron chi connectivity index (χ1n) is 8.83. The van der Waals surface area contributed by atoms with Crippen LogP contribution < -0.4 is 21.7 Å². The Morgan fingerprint density at radius 3 is 2.79 bits per heavy atom. The van der Waals surface area contributed by atoms with Crippen molar-refractivity contribution >= 4 is 29.7 Å². The Kier molecular flexibility index (Phi) is 5.57. The third-order valence-electron chi connectivity index (χ3n) is 4.72. The summed E-state index contributed by atoms with van der Waals surface area (Å²) in [6.45, 7) is 0.352. The molecule has 0 aliphatic carbocycles. The fourth-order valence-electron chi connectivity index (χ4n) is 3.38. The van der Waals surface area contributed by atoms with Crippen LogP contribution in [-0.4, -0.2) is 69.2 Å². The van der Waals surface area contributed by atoms with E-state index in [2.05, 4.69) is 20.6 Å². The van der Waals surface area contributed by atoms with Gasteiger partial charge in [-0.2, -0.15) is 0 Å². The lowest BCUT2D eigenvalue weighted by Gasteiger charge is -2.29. The van der Waals surface area contributed by atoms with Crippen LogP contribution in [0.25, 0.3) is 0 Å². The molecular formula is C16H21N7O5. The number of nitrogens with one attached hydrogen (secondary N) is 4. The van der Waals surface area contributed by atoms with Crippen LogP contribution in [0.1, 0.15) is 25.0 Å². The van der Waals surface area contributed by atoms with Gasteiger partial charge in [-0.1, -0.05) is 0 Å². The Balaban J connectivity index is 1.76. The number of rotatable bonds is 6. The molecule has 2 aliphatic heterocycles. The van der Waals surface area contributed by atoms with Crippen LogP contribution in [0.2, 0.25) is 0 Å². The predicted molar refractivity (Wildman–Crippen MR) is 93.2 cm³/mol. The molecule has 1 aromatic rings. The van der Waals surface area contributed by atoms with Crippen LogP contribution in [0, 0.1) is 0 Å². The van der Waals surface area contributed by atoms with Gasteiger partial charge in [0.2, 0.25) is 23.6 Å². The summed E-state index contributed by atoms with van der Waals surface area (Å²) in [4.78, 5) is 68.3. The Bertz CT molecular complexity index is 777. The van der Waals surface area contributed by atoms with Crippen molar-refractivity contribution in [2.75, 3.05) is 6.54 Å². The fourth-order valence-corrected chi connectivity index (χ4v) is 3.38. The van der Waals surface area contributed by atoms with Gasteiger partial charge in [-0.25, -0.2) is 9.78 Å². The van der Waals surface area contributed by atoms with E-state index in [1.54, 1.807) is 0 Å². The van der Waals surface area contributed by atoms with Gasteiger partial charge in [0.15, 0.2) is 0 Å². The normalized spacial score (nSPS) is 22.9. The van der Waals surface area contributed by atoms with E-state index in [-0.39, 0.29) is 12.8 Å². The van der Waals surface area contributed by atoms with Crippen molar-refractivity contribution in [3.63, 3.8) is 0 Å². The van der Waals surface area contributed by atoms with Crippen molar-refractivity contribution in [3.05, 3.63) is 18.2 Å². The molecule has 0 unspecified atom stereocenters. The summed E-state index contributed by atoms with van der Waals surface area (Å²) in [6, 6.07) is -3.62. The smallest absolute Gasteiger partial charge is 0.322 e. The largest absolute Gasteiger partial charge is 0.368 e. The minimum atomic E-state index is -1.09. The zero-order valence-electron chi connectivity index (χ0n) is 14.9. The van der Waals surface area contributed by atoms with E-state index < -0.39 is 47.8 Å². The molecule has 6 N–H and O–H groups in total. The van der Waals surface area contributed by atoms with E-state index in [1.165, 1.54) is 17.4 Å². The Morgan fingerprint density at radius 1 is 1.36 bits per heavy atom. The van der Waals surface area contributed by atoms with E-state index >= 15 is 0 Å². The minimum absolute atomic E-state index is 0.0966. The number of hydrogen-bond donors (Lipinski definition) is 5. The molecule has 3 heterocycles. The molecular weight excluding hydrogens is 370 g/mol. The molecule has 0 bridgehead atoms. The predicted octanol–water partition coefficient (Wildman–Crippen LogP) is -2.49. The summed E-state index contributed by atoms with van der Waals surface area (Å²) in [7, 11) is 0. The number of H-pyrrole nitrogens is 1. The van der Waals surface area contributed by atoms with Crippen molar-refractivity contribution < 1.29 is 24.0 Å². The lowest BCUT2D eigenvalue weighted by Crippen LogP contribution is -2.61. The van der Waals surface area contributed by atoms with Gasteiger partial charge in [-0.3, -0.25) is 24.5 Å². The average Bonchev–Trinajstić information content (AvgIpc) is 3.31. The number of aromatic amines is 1. The quantitative estimate of drug-likeness (QED) is 0.358. The molecule has 28 heavy (non-hydrogen) atoms. The number of urea groups is 1. The molecule has 2 aliphatic rings. The van der Waals surface area contributed by atoms with Gasteiger partial charge in [0, 0.05) is 24.9 Å². The van der Waals surface area contributed by atoms with Crippen LogP contribution in [0.4, 0.5) is 4.79 Å². The van der Waals surface area contributed by atoms with Crippen molar-refractivity contribution in [3.8, 4) is 0 Å². The number of nitrogens with two attached hydrogens (primary N) is 1. The van der Waals surface area contributed by atoms with Crippen LogP contribution in [-0.2, 0) is 25.6 Å². The molecule has 2 saturated heterocycles. The second kappa shape index (κ2) is 8.06. The van der Waals surface area contributed by atoms with Gasteiger partial charge < -0.3 is 26.3 Å². The number of carbonyl (C=O) groups is 5. The SMILES string of the molecule is NC(=O)[C@@H]1CCCN1C(=O)[C@H](Cc1cnc[nH]1)NC(=O)[C@@H]1CC(=O)NC(=O)N1. The van der Waals surface area contributed by atoms with Crippen molar-refractivity contribution in [2.45, 2.75) is 43.8 Å². The first-order chi connectivity index (χ1) is 13.3. The molecule has 12 nitrogen and oxygen atoms in total. The highest BCUT2D eigenvalue weighted by Gasteiger charge is 2.38. The topological polar surface area (TPSA) is 179 Å². The molecule has 0 saturated carbocycles. The van der Waals surface area contributed by atoms with Crippen LogP contribution in [0.15, 0.2) is 12.5 Å². The van der Waals surface area contributed by atoms with E-state index in [0.717, 1.165) is 0 Å². The van der Waals surface area contributed by atoms with Gasteiger partial charge in [0.05, 0.1) is 12.7 Å². The third kappa shape index (κ3) is 4.27. The number of likely N-dealkylation sites (tertiary alicyclic amines) is 1. The lowest BCUT2D eigenvalue weighted by molar-refractivity contribution is -0.141. The third-order valence-corrected chi connectivity index (χ3v) is 4.72. The summed E-state index contributed by atoms with van der Waals surface area (Å²) < 4.78 is 0. The number of aromatic nitrogens is 2. The molecule has 3 atom stereocenters. The first kappa shape index (κ1) is 19.3. The molecule has 0 radical (unpaired) electrons. The maximum absolute atomic E-state index is 13.0. The monoisotopic (exact) mass is 391 g/mol. The van der Waals surface area contributed by atoms with E-state index in [4.69, 9.17) is 5.73 Å². The lowest BCUT2D eigenvalue weighted by atomic mass is 10.1. The average molecular weight is 391 g/mol. The number of carbonyl (C=O) groups excluding carboxylic acids is 5. The highest BCUT2D eigenvalue weighted by molar-refractivity contribution is 6.03. The molecule has 2 fully saturated rings. The highest BCUT2D eigenvalue weighted by atomic mass is 16.2. The molecule has 0 spiro atoms. The zero-order chi connectivity index (χ0) is 20.3. The second-order valence-electron chi connectivity index (χ2n) is 6.71. The number of hydrogen-bond acceptors (Lipinski definition) is 6. The molecule has 0 aromatic carbocycles. The summed E-state index contributed by atoms with van der Waals surface area (Å²) in [5.74, 6) is -2.32. The fraction of sp³-hybridized carbons (Fsp3) is 0.500. The van der Waals surface area contributed by atoms with Gasteiger partial charge >= 0.3 is 6.03 Å². The molecule has 3 rings (SSSR count). The molecule has 6 amide bonds. The highest BCUT2D eigenvalue weighted by Crippen LogP contribution is 2.19. The van der Waals surface area contributed by atoms with Crippen LogP contribution >= 0.6 is 0 Å². The van der Waals surface area contributed by atoms with Gasteiger partial charge in [0.25, 0.3) is 0 Å². The minimum Gasteiger partial charge on any atom is -0.368 e. The van der Waals surface area contributed by atoms with Crippen molar-refractivity contribution in [1.82, 2.24) is 30.8 Å². The Labute approximate surface area is 159 Å². The summed E-state index contributed by atoms with van der Waals surface area (Å²) in [6.07, 6.45) is 3.90. The van der Waals surface area contributed by atoms with Crippen molar-refractivity contribution in [2.24, 2.45) is 5.73 Å². The number of imide groups is 1. The summed E-state index contributed by atoms with van der Waals surface area (Å²) in [5.41, 5.74) is 5.98. The number of amides is 6. The maximum Gasteiger partial charge on any atom is 0.322 e.